The maximum Gasteiger partial charge on any atom is 0.519 e. The highest BCUT2D eigenvalue weighted by Gasteiger charge is 2.17. The lowest BCUT2D eigenvalue weighted by Gasteiger charge is -2.07. The van der Waals surface area contributed by atoms with E-state index in [1.54, 1.807) is 6.07 Å². The number of benzene rings is 1. The first-order chi connectivity index (χ1) is 14.0. The summed E-state index contributed by atoms with van der Waals surface area (Å²) in [6.45, 7) is 1.15. The molecule has 0 fully saturated rings. The largest absolute Gasteiger partial charge is 0.519 e. The molecule has 0 amide bonds. The highest BCUT2D eigenvalue weighted by Crippen LogP contribution is 2.26. The Hall–Kier alpha value is -2.27. The first-order valence-electron chi connectivity index (χ1n) is 8.11. The van der Waals surface area contributed by atoms with E-state index in [-0.39, 0.29) is 29.4 Å². The summed E-state index contributed by atoms with van der Waals surface area (Å²) in [4.78, 5) is 22.8. The van der Waals surface area contributed by atoms with Crippen molar-refractivity contribution in [2.75, 3.05) is 6.26 Å². The number of carbonyl (C=O) groups excluding carboxylic acids is 1. The lowest BCUT2D eigenvalue weighted by atomic mass is 10.1. The van der Waals surface area contributed by atoms with E-state index in [0.29, 0.717) is 14.9 Å². The lowest BCUT2D eigenvalue weighted by molar-refractivity contribution is 0.0439. The van der Waals surface area contributed by atoms with Gasteiger partial charge in [-0.25, -0.2) is 18.0 Å². The monoisotopic (exact) mass is 494 g/mol. The van der Waals surface area contributed by atoms with E-state index in [4.69, 9.17) is 27.9 Å². The summed E-state index contributed by atoms with van der Waals surface area (Å²) in [5, 5.41) is 12.3. The van der Waals surface area contributed by atoms with Crippen molar-refractivity contribution >= 4 is 50.3 Å². The van der Waals surface area contributed by atoms with Crippen LogP contribution in [0.4, 0.5) is 0 Å². The van der Waals surface area contributed by atoms with E-state index >= 15 is 0 Å². The van der Waals surface area contributed by atoms with Gasteiger partial charge in [0.15, 0.2) is 28.0 Å². The van der Waals surface area contributed by atoms with Gasteiger partial charge in [0, 0.05) is 6.26 Å². The van der Waals surface area contributed by atoms with Crippen LogP contribution in [0.3, 0.4) is 0 Å². The molecule has 0 unspecified atom stereocenters. The third kappa shape index (κ3) is 7.21. The van der Waals surface area contributed by atoms with Crippen LogP contribution in [0.25, 0.3) is 0 Å². The van der Waals surface area contributed by atoms with Gasteiger partial charge in [-0.2, -0.15) is 0 Å². The second kappa shape index (κ2) is 10.2. The summed E-state index contributed by atoms with van der Waals surface area (Å²) in [6.07, 6.45) is 1.06. The average Bonchev–Trinajstić information content (AvgIpc) is 3.15. The number of aromatic hydroxyl groups is 1. The van der Waals surface area contributed by atoms with Crippen molar-refractivity contribution in [1.29, 1.82) is 0 Å². The number of carbonyl (C=O) groups is 1. The molecule has 2 heterocycles. The number of phenolic OH excluding ortho intramolecular Hbond substituents is 1. The molecule has 0 bridgehead atoms. The molecule has 12 heteroatoms. The number of ether oxygens (including phenoxy) is 1. The van der Waals surface area contributed by atoms with Crippen molar-refractivity contribution in [3.05, 3.63) is 72.3 Å². The predicted molar refractivity (Wildman–Crippen MR) is 112 cm³/mol. The van der Waals surface area contributed by atoms with Gasteiger partial charge in [-0.15, -0.1) is 11.3 Å². The first kappa shape index (κ1) is 24.0. The fraction of sp³-hybridized carbons (Fsp3) is 0.222. The predicted octanol–water partition coefficient (Wildman–Crippen LogP) is 4.20. The molecule has 0 saturated carbocycles. The van der Waals surface area contributed by atoms with Gasteiger partial charge in [-0.05, 0) is 36.1 Å². The number of thiophene rings is 1. The Labute approximate surface area is 185 Å². The molecule has 3 rings (SSSR count). The van der Waals surface area contributed by atoms with Gasteiger partial charge in [0.2, 0.25) is 0 Å². The Morgan fingerprint density at radius 1 is 1.23 bits per heavy atom. The molecule has 0 aliphatic heterocycles. The number of sulfone groups is 1. The van der Waals surface area contributed by atoms with Gasteiger partial charge >= 0.3 is 11.8 Å². The zero-order valence-corrected chi connectivity index (χ0v) is 18.8. The molecule has 8 nitrogen and oxygen atoms in total. The fourth-order valence-corrected chi connectivity index (χ4v) is 3.91. The maximum atomic E-state index is 11.9. The highest BCUT2D eigenvalue weighted by molar-refractivity contribution is 7.89. The van der Waals surface area contributed by atoms with Gasteiger partial charge in [0.25, 0.3) is 0 Å². The van der Waals surface area contributed by atoms with Gasteiger partial charge in [-0.1, -0.05) is 29.3 Å². The Bertz CT molecular complexity index is 1170. The molecule has 3 aromatic rings. The topological polar surface area (TPSA) is 124 Å². The molecule has 1 N–H and O–H groups in total. The normalized spacial score (nSPS) is 10.9. The van der Waals surface area contributed by atoms with E-state index in [0.717, 1.165) is 6.26 Å². The van der Waals surface area contributed by atoms with E-state index in [1.165, 1.54) is 36.5 Å². The molecular weight excluding hydrogens is 479 g/mol. The summed E-state index contributed by atoms with van der Waals surface area (Å²) in [6, 6.07) is 5.62. The standard InChI is InChI=1S/C14H14O8S.C4H2Cl2S/c1-8-12(22-14(17)21-8)6-20-13(16)10-4-3-9(5-11(10)15)7-23(2,18)19;5-3-1-2-7-4(3)6/h3-5,15H,6-7H2,1-2H3;1-2H. The van der Waals surface area contributed by atoms with Crippen molar-refractivity contribution < 1.29 is 31.9 Å². The number of halogens is 2. The molecule has 1 aromatic carbocycles. The summed E-state index contributed by atoms with van der Waals surface area (Å²) >= 11 is 12.5. The van der Waals surface area contributed by atoms with Crippen LogP contribution in [0, 0.1) is 6.92 Å². The lowest BCUT2D eigenvalue weighted by Crippen LogP contribution is -2.07. The van der Waals surface area contributed by atoms with Crippen LogP contribution >= 0.6 is 34.5 Å². The Morgan fingerprint density at radius 3 is 2.37 bits per heavy atom. The molecule has 0 saturated heterocycles. The third-order valence-electron chi connectivity index (χ3n) is 3.45. The van der Waals surface area contributed by atoms with Gasteiger partial charge < -0.3 is 18.7 Å². The quantitative estimate of drug-likeness (QED) is 0.523. The van der Waals surface area contributed by atoms with Crippen LogP contribution in [0.5, 0.6) is 5.75 Å². The summed E-state index contributed by atoms with van der Waals surface area (Å²) < 4.78 is 37.3. The van der Waals surface area contributed by atoms with Gasteiger partial charge in [0.05, 0.1) is 10.8 Å². The van der Waals surface area contributed by atoms with Crippen molar-refractivity contribution in [3.63, 3.8) is 0 Å². The smallest absolute Gasteiger partial charge is 0.507 e. The number of hydrogen-bond donors (Lipinski definition) is 1. The Kier molecular flexibility index (Phi) is 8.13. The van der Waals surface area contributed by atoms with Gasteiger partial charge in [-0.3, -0.25) is 0 Å². The number of phenols is 1. The molecule has 0 aliphatic carbocycles. The number of rotatable bonds is 5. The minimum absolute atomic E-state index is 0.0662. The van der Waals surface area contributed by atoms with Crippen molar-refractivity contribution in [1.82, 2.24) is 0 Å². The van der Waals surface area contributed by atoms with Crippen molar-refractivity contribution in [2.45, 2.75) is 19.3 Å². The molecular formula is C18H16Cl2O8S2. The van der Waals surface area contributed by atoms with Crippen LogP contribution in [0.2, 0.25) is 9.36 Å². The third-order valence-corrected chi connectivity index (χ3v) is 6.01. The Morgan fingerprint density at radius 2 is 1.93 bits per heavy atom. The maximum absolute atomic E-state index is 11.9. The van der Waals surface area contributed by atoms with E-state index in [2.05, 4.69) is 8.83 Å². The minimum atomic E-state index is -3.26. The second-order valence-corrected chi connectivity index (χ2v) is 10.0. The molecule has 30 heavy (non-hydrogen) atoms. The van der Waals surface area contributed by atoms with E-state index in [1.807, 2.05) is 5.38 Å². The second-order valence-electron chi connectivity index (χ2n) is 5.97. The summed E-state index contributed by atoms with van der Waals surface area (Å²) in [7, 11) is -3.26. The molecule has 2 aromatic heterocycles. The van der Waals surface area contributed by atoms with Crippen LogP contribution in [0.1, 0.15) is 27.4 Å². The van der Waals surface area contributed by atoms with E-state index < -0.39 is 27.4 Å². The number of aryl methyl sites for hydroxylation is 1. The first-order valence-corrected chi connectivity index (χ1v) is 11.8. The van der Waals surface area contributed by atoms with Crippen molar-refractivity contribution in [2.24, 2.45) is 0 Å². The van der Waals surface area contributed by atoms with Crippen LogP contribution in [-0.2, 0) is 26.9 Å². The van der Waals surface area contributed by atoms with Gasteiger partial charge in [0.1, 0.15) is 15.6 Å². The molecule has 0 radical (unpaired) electrons. The molecule has 0 aliphatic rings. The van der Waals surface area contributed by atoms with Crippen LogP contribution in [-0.4, -0.2) is 25.7 Å². The summed E-state index contributed by atoms with van der Waals surface area (Å²) in [5.74, 6) is -2.15. The van der Waals surface area contributed by atoms with Crippen LogP contribution in [0.15, 0.2) is 43.3 Å². The number of esters is 1. The average molecular weight is 495 g/mol. The fourth-order valence-electron chi connectivity index (χ4n) is 2.13. The number of hydrogen-bond acceptors (Lipinski definition) is 9. The highest BCUT2D eigenvalue weighted by atomic mass is 35.5. The SMILES string of the molecule is Cc1oc(=O)oc1COC(=O)c1ccc(CS(C)(=O)=O)cc1O.Clc1ccsc1Cl. The zero-order chi connectivity index (χ0) is 22.5. The van der Waals surface area contributed by atoms with E-state index in [9.17, 15) is 23.1 Å². The minimum Gasteiger partial charge on any atom is -0.507 e. The molecule has 0 spiro atoms. The summed E-state index contributed by atoms with van der Waals surface area (Å²) in [5.41, 5.74) is 0.212. The molecule has 162 valence electrons. The van der Waals surface area contributed by atoms with Crippen LogP contribution < -0.4 is 5.82 Å². The molecule has 0 atom stereocenters. The Balaban J connectivity index is 0.000000386. The van der Waals surface area contributed by atoms with Crippen molar-refractivity contribution in [3.8, 4) is 5.75 Å². The zero-order valence-electron chi connectivity index (χ0n) is 15.7.